The van der Waals surface area contributed by atoms with Crippen LogP contribution >= 0.6 is 0 Å². The molecule has 0 fully saturated rings. The van der Waals surface area contributed by atoms with Crippen molar-refractivity contribution in [3.63, 3.8) is 0 Å². The van der Waals surface area contributed by atoms with Gasteiger partial charge in [0.1, 0.15) is 0 Å². The van der Waals surface area contributed by atoms with Crippen molar-refractivity contribution < 1.29 is 32.2 Å². The summed E-state index contributed by atoms with van der Waals surface area (Å²) in [6.45, 7) is 0. The van der Waals surface area contributed by atoms with Crippen molar-refractivity contribution in [1.82, 2.24) is 0 Å². The number of methoxy groups -OCH3 is 2. The van der Waals surface area contributed by atoms with Crippen molar-refractivity contribution in [1.29, 1.82) is 0 Å². The van der Waals surface area contributed by atoms with E-state index in [4.69, 9.17) is 9.47 Å². The molecule has 168 valence electrons. The molecule has 1 atom stereocenters. The molecule has 1 amide bonds. The maximum Gasteiger partial charge on any atom is 0.418 e. The lowest BCUT2D eigenvalue weighted by Gasteiger charge is -2.39. The number of Topliss-reactive ketones (excluding diaryl/α,β-unsaturated/α-hetero) is 1. The van der Waals surface area contributed by atoms with Gasteiger partial charge in [0.15, 0.2) is 17.3 Å². The maximum atomic E-state index is 13.7. The highest BCUT2D eigenvalue weighted by Gasteiger charge is 2.43. The molecule has 0 radical (unpaired) electrons. The summed E-state index contributed by atoms with van der Waals surface area (Å²) >= 11 is 0. The van der Waals surface area contributed by atoms with E-state index in [9.17, 15) is 22.8 Å². The molecule has 4 rings (SSSR count). The molecule has 1 aliphatic carbocycles. The number of anilines is 1. The van der Waals surface area contributed by atoms with Crippen LogP contribution in [-0.4, -0.2) is 25.9 Å². The zero-order chi connectivity index (χ0) is 23.0. The van der Waals surface area contributed by atoms with Gasteiger partial charge in [-0.25, -0.2) is 0 Å². The molecule has 2 aromatic carbocycles. The average molecular weight is 445 g/mol. The van der Waals surface area contributed by atoms with Crippen LogP contribution in [0.3, 0.4) is 0 Å². The van der Waals surface area contributed by atoms with Crippen molar-refractivity contribution in [3.8, 4) is 11.5 Å². The number of allylic oxidation sites excluding steroid dienone is 2. The van der Waals surface area contributed by atoms with E-state index in [0.29, 0.717) is 47.6 Å². The summed E-state index contributed by atoms with van der Waals surface area (Å²) in [5.74, 6) is -0.224. The second-order valence-electron chi connectivity index (χ2n) is 7.75. The molecule has 5 nitrogen and oxygen atoms in total. The first-order valence-electron chi connectivity index (χ1n) is 10.2. The average Bonchev–Trinajstić information content (AvgIpc) is 2.77. The molecule has 1 heterocycles. The van der Waals surface area contributed by atoms with Crippen LogP contribution in [0.15, 0.2) is 53.7 Å². The molecule has 0 unspecified atom stereocenters. The fourth-order valence-corrected chi connectivity index (χ4v) is 4.54. The number of alkyl halides is 3. The van der Waals surface area contributed by atoms with E-state index >= 15 is 0 Å². The summed E-state index contributed by atoms with van der Waals surface area (Å²) in [7, 11) is 2.99. The number of carbonyl (C=O) groups excluding carboxylic acids is 2. The largest absolute Gasteiger partial charge is 0.493 e. The molecule has 0 bridgehead atoms. The molecule has 0 aromatic heterocycles. The van der Waals surface area contributed by atoms with Crippen LogP contribution < -0.4 is 14.4 Å². The number of carbonyl (C=O) groups is 2. The van der Waals surface area contributed by atoms with E-state index in [1.807, 2.05) is 0 Å². The predicted molar refractivity (Wildman–Crippen MR) is 112 cm³/mol. The first-order chi connectivity index (χ1) is 15.3. The van der Waals surface area contributed by atoms with Gasteiger partial charge in [-0.05, 0) is 42.7 Å². The number of benzene rings is 2. The van der Waals surface area contributed by atoms with E-state index in [-0.39, 0.29) is 17.9 Å². The Morgan fingerprint density at radius 2 is 1.69 bits per heavy atom. The minimum absolute atomic E-state index is 0.119. The van der Waals surface area contributed by atoms with Gasteiger partial charge in [0.05, 0.1) is 25.5 Å². The second-order valence-corrected chi connectivity index (χ2v) is 7.75. The smallest absolute Gasteiger partial charge is 0.418 e. The Bertz CT molecular complexity index is 1110. The Hall–Kier alpha value is -3.29. The molecule has 0 saturated heterocycles. The number of nitrogens with zero attached hydrogens (tertiary/aromatic N) is 1. The minimum atomic E-state index is -4.63. The molecular weight excluding hydrogens is 423 g/mol. The van der Waals surface area contributed by atoms with Crippen LogP contribution in [0.25, 0.3) is 0 Å². The van der Waals surface area contributed by atoms with Gasteiger partial charge in [-0.3, -0.25) is 14.5 Å². The SMILES string of the molecule is COc1ccc([C@@H]2CC(=O)N(c3ccccc3C(F)(F)F)C3=C2C(=O)CCC3)cc1OC. The summed E-state index contributed by atoms with van der Waals surface area (Å²) in [4.78, 5) is 27.3. The van der Waals surface area contributed by atoms with E-state index in [1.165, 1.54) is 32.4 Å². The van der Waals surface area contributed by atoms with Crippen LogP contribution in [0, 0.1) is 0 Å². The molecule has 0 saturated carbocycles. The van der Waals surface area contributed by atoms with Gasteiger partial charge < -0.3 is 9.47 Å². The first kappa shape index (κ1) is 21.9. The zero-order valence-corrected chi connectivity index (χ0v) is 17.7. The van der Waals surface area contributed by atoms with Crippen LogP contribution in [-0.2, 0) is 15.8 Å². The van der Waals surface area contributed by atoms with E-state index in [0.717, 1.165) is 11.0 Å². The fraction of sp³-hybridized carbons (Fsp3) is 0.333. The fourth-order valence-electron chi connectivity index (χ4n) is 4.54. The highest BCUT2D eigenvalue weighted by Crippen LogP contribution is 2.47. The Kier molecular flexibility index (Phi) is 5.71. The number of ether oxygens (including phenoxy) is 2. The van der Waals surface area contributed by atoms with E-state index < -0.39 is 23.6 Å². The van der Waals surface area contributed by atoms with Crippen molar-refractivity contribution in [3.05, 3.63) is 64.9 Å². The van der Waals surface area contributed by atoms with Gasteiger partial charge in [-0.15, -0.1) is 0 Å². The summed E-state index contributed by atoms with van der Waals surface area (Å²) in [5, 5.41) is 0. The van der Waals surface area contributed by atoms with Gasteiger partial charge in [0.2, 0.25) is 5.91 Å². The van der Waals surface area contributed by atoms with E-state index in [1.54, 1.807) is 18.2 Å². The zero-order valence-electron chi connectivity index (χ0n) is 17.7. The summed E-state index contributed by atoms with van der Waals surface area (Å²) in [5.41, 5.74) is 0.303. The number of hydrogen-bond acceptors (Lipinski definition) is 4. The normalized spacial score (nSPS) is 19.2. The topological polar surface area (TPSA) is 55.8 Å². The lowest BCUT2D eigenvalue weighted by molar-refractivity contribution is -0.137. The molecule has 0 spiro atoms. The van der Waals surface area contributed by atoms with Crippen molar-refractivity contribution in [2.45, 2.75) is 37.8 Å². The van der Waals surface area contributed by atoms with Gasteiger partial charge in [-0.2, -0.15) is 13.2 Å². The molecule has 1 aliphatic heterocycles. The Balaban J connectivity index is 1.88. The third-order valence-electron chi connectivity index (χ3n) is 5.94. The first-order valence-corrected chi connectivity index (χ1v) is 10.2. The molecule has 2 aromatic rings. The molecule has 32 heavy (non-hydrogen) atoms. The van der Waals surface area contributed by atoms with Gasteiger partial charge in [-0.1, -0.05) is 18.2 Å². The van der Waals surface area contributed by atoms with E-state index in [2.05, 4.69) is 0 Å². The van der Waals surface area contributed by atoms with Crippen molar-refractivity contribution >= 4 is 17.4 Å². The number of para-hydroxylation sites is 1. The Morgan fingerprint density at radius 1 is 0.969 bits per heavy atom. The highest BCUT2D eigenvalue weighted by atomic mass is 19.4. The van der Waals surface area contributed by atoms with Crippen LogP contribution in [0.5, 0.6) is 11.5 Å². The highest BCUT2D eigenvalue weighted by molar-refractivity contribution is 6.07. The number of ketones is 1. The Labute approximate surface area is 183 Å². The predicted octanol–water partition coefficient (Wildman–Crippen LogP) is 5.25. The number of hydrogen-bond donors (Lipinski definition) is 0. The summed E-state index contributed by atoms with van der Waals surface area (Å²) in [6, 6.07) is 10.1. The Morgan fingerprint density at radius 3 is 2.38 bits per heavy atom. The van der Waals surface area contributed by atoms with Crippen LogP contribution in [0.1, 0.15) is 42.7 Å². The maximum absolute atomic E-state index is 13.7. The third-order valence-corrected chi connectivity index (χ3v) is 5.94. The molecule has 0 N–H and O–H groups in total. The van der Waals surface area contributed by atoms with Crippen molar-refractivity contribution in [2.75, 3.05) is 19.1 Å². The second kappa shape index (κ2) is 8.33. The summed E-state index contributed by atoms with van der Waals surface area (Å²) in [6.07, 6.45) is -3.62. The number of rotatable bonds is 4. The van der Waals surface area contributed by atoms with Crippen molar-refractivity contribution in [2.24, 2.45) is 0 Å². The van der Waals surface area contributed by atoms with Gasteiger partial charge in [0, 0.05) is 30.0 Å². The molecular formula is C24H22F3NO4. The third kappa shape index (κ3) is 3.74. The monoisotopic (exact) mass is 445 g/mol. The molecule has 2 aliphatic rings. The number of amides is 1. The minimum Gasteiger partial charge on any atom is -0.493 e. The molecule has 8 heteroatoms. The standard InChI is InChI=1S/C24H22F3NO4/c1-31-20-11-10-14(12-21(20)32-2)15-13-22(30)28(18-8-5-9-19(29)23(15)18)17-7-4-3-6-16(17)24(25,26)27/h3-4,6-7,10-12,15H,5,8-9,13H2,1-2H3/t15-/m0/s1. The number of halogens is 3. The lowest BCUT2D eigenvalue weighted by atomic mass is 9.77. The lowest BCUT2D eigenvalue weighted by Crippen LogP contribution is -2.41. The summed E-state index contributed by atoms with van der Waals surface area (Å²) < 4.78 is 51.7. The van der Waals surface area contributed by atoms with Crippen LogP contribution in [0.2, 0.25) is 0 Å². The quantitative estimate of drug-likeness (QED) is 0.645. The van der Waals surface area contributed by atoms with Gasteiger partial charge in [0.25, 0.3) is 0 Å². The van der Waals surface area contributed by atoms with Gasteiger partial charge >= 0.3 is 6.18 Å². The van der Waals surface area contributed by atoms with Crippen LogP contribution in [0.4, 0.5) is 18.9 Å².